The number of benzene rings is 2. The molecule has 4 nitrogen and oxygen atoms in total. The van der Waals surface area contributed by atoms with Gasteiger partial charge in [0.2, 0.25) is 0 Å². The molecule has 0 fully saturated rings. The molecule has 0 amide bonds. The summed E-state index contributed by atoms with van der Waals surface area (Å²) in [6.45, 7) is 8.52. The van der Waals surface area contributed by atoms with Crippen LogP contribution in [0.4, 0.5) is 0 Å². The van der Waals surface area contributed by atoms with E-state index in [0.29, 0.717) is 0 Å². The van der Waals surface area contributed by atoms with E-state index in [9.17, 15) is 5.53 Å². The van der Waals surface area contributed by atoms with E-state index in [2.05, 4.69) is 102 Å². The molecule has 0 radical (unpaired) electrons. The predicted octanol–water partition coefficient (Wildman–Crippen LogP) is 10.2. The number of unbranched alkanes of at least 4 members (excludes halogenated alkanes) is 5. The van der Waals surface area contributed by atoms with E-state index in [-0.39, 0.29) is 16.5 Å². The van der Waals surface area contributed by atoms with Crippen LogP contribution in [0.1, 0.15) is 108 Å². The molecular weight excluding hydrogens is 559 g/mol. The first-order valence-corrected chi connectivity index (χ1v) is 15.3. The van der Waals surface area contributed by atoms with Crippen molar-refractivity contribution in [1.29, 1.82) is 0 Å². The molecule has 0 unspecified atom stereocenters. The van der Waals surface area contributed by atoms with Gasteiger partial charge in [0.25, 0.3) is 0 Å². The van der Waals surface area contributed by atoms with Gasteiger partial charge < -0.3 is 16.2 Å². The second-order valence-corrected chi connectivity index (χ2v) is 10.1. The Labute approximate surface area is 268 Å². The van der Waals surface area contributed by atoms with Crippen LogP contribution >= 0.6 is 0 Å². The van der Waals surface area contributed by atoms with Gasteiger partial charge in [-0.05, 0) is 67.7 Å². The van der Waals surface area contributed by atoms with Gasteiger partial charge in [0.05, 0.1) is 11.1 Å². The van der Waals surface area contributed by atoms with Crippen LogP contribution in [0.5, 0.6) is 0 Å². The first-order valence-electron chi connectivity index (χ1n) is 15.3. The zero-order valence-corrected chi connectivity index (χ0v) is 28.5. The average molecular weight is 614 g/mol. The Hall–Kier alpha value is -2.69. The number of aryl methyl sites for hydroxylation is 2. The van der Waals surface area contributed by atoms with Gasteiger partial charge in [0.1, 0.15) is 0 Å². The van der Waals surface area contributed by atoms with Crippen molar-refractivity contribution >= 4 is 11.4 Å². The SMILES string of the molecule is CC#CC(C(=C=[N+]=[N-])CCCC)=C(c1ccc(CCCCC)cc1)c1cccc(CCCCC)c1.C[N-]C.C[N-]C.[Ni+2]. The van der Waals surface area contributed by atoms with Crippen LogP contribution in [-0.2, 0) is 29.3 Å². The van der Waals surface area contributed by atoms with Gasteiger partial charge in [-0.15, -0.1) is 10.7 Å². The molecule has 0 aliphatic heterocycles. The van der Waals surface area contributed by atoms with E-state index in [1.54, 1.807) is 28.2 Å². The molecule has 0 saturated carbocycles. The van der Waals surface area contributed by atoms with Gasteiger partial charge in [-0.1, -0.05) is 107 Å². The smallest absolute Gasteiger partial charge is 0.668 e. The quantitative estimate of drug-likeness (QED) is 0.0387. The molecule has 5 heteroatoms. The summed E-state index contributed by atoms with van der Waals surface area (Å²) < 4.78 is 0. The Bertz CT molecular complexity index is 1140. The molecule has 232 valence electrons. The molecule has 0 heterocycles. The molecule has 0 aliphatic rings. The summed E-state index contributed by atoms with van der Waals surface area (Å²) in [4.78, 5) is 3.30. The third-order valence-electron chi connectivity index (χ3n) is 6.36. The van der Waals surface area contributed by atoms with E-state index in [1.807, 2.05) is 6.92 Å². The van der Waals surface area contributed by atoms with Gasteiger partial charge in [-0.3, -0.25) is 0 Å². The van der Waals surface area contributed by atoms with Gasteiger partial charge >= 0.3 is 22.4 Å². The Morgan fingerprint density at radius 2 is 1.29 bits per heavy atom. The van der Waals surface area contributed by atoms with Crippen LogP contribution in [-0.4, -0.2) is 38.9 Å². The second kappa shape index (κ2) is 28.4. The zero-order valence-electron chi connectivity index (χ0n) is 27.5. The maximum atomic E-state index is 9.40. The van der Waals surface area contributed by atoms with Gasteiger partial charge in [0, 0.05) is 5.57 Å². The standard InChI is InChI=1S/C33H42N2.2C2H6N.Ni/c1-5-9-12-16-27-21-23-29(24-22-27)33(30-20-14-18-28(25-30)17-13-10-6-2)32(15-8-4)31(26-35-34)19-11-7-3;2*1-3-2;/h14,18,20-25H,5-7,9-13,16-17,19H2,1-4H3;2*1-2H3;/q;2*-1;+2. The van der Waals surface area contributed by atoms with Crippen molar-refractivity contribution in [2.75, 3.05) is 28.2 Å². The molecule has 0 bridgehead atoms. The van der Waals surface area contributed by atoms with Crippen molar-refractivity contribution < 1.29 is 21.3 Å². The van der Waals surface area contributed by atoms with Crippen LogP contribution in [0.15, 0.2) is 59.7 Å². The topological polar surface area (TPSA) is 64.6 Å². The van der Waals surface area contributed by atoms with Crippen LogP contribution in [0.25, 0.3) is 21.7 Å². The molecule has 0 aliphatic carbocycles. The van der Waals surface area contributed by atoms with E-state index >= 15 is 0 Å². The third-order valence-corrected chi connectivity index (χ3v) is 6.36. The Kier molecular flexibility index (Phi) is 28.1. The summed E-state index contributed by atoms with van der Waals surface area (Å²) in [7, 11) is 7.00. The minimum Gasteiger partial charge on any atom is -0.668 e. The third kappa shape index (κ3) is 17.3. The van der Waals surface area contributed by atoms with Crippen molar-refractivity contribution in [1.82, 2.24) is 0 Å². The summed E-state index contributed by atoms with van der Waals surface area (Å²) in [5.74, 6) is 9.34. The van der Waals surface area contributed by atoms with Crippen molar-refractivity contribution in [3.63, 3.8) is 0 Å². The van der Waals surface area contributed by atoms with Crippen LogP contribution in [0, 0.1) is 11.8 Å². The van der Waals surface area contributed by atoms with Crippen LogP contribution < -0.4 is 0 Å². The Balaban J connectivity index is 0. The Morgan fingerprint density at radius 3 is 1.79 bits per heavy atom. The van der Waals surface area contributed by atoms with Crippen molar-refractivity contribution in [3.8, 4) is 11.8 Å². The summed E-state index contributed by atoms with van der Waals surface area (Å²) >= 11 is 0. The molecule has 2 aromatic carbocycles. The minimum absolute atomic E-state index is 0. The number of allylic oxidation sites excluding steroid dienone is 2. The maximum Gasteiger partial charge on any atom is 2.00 e. The number of hydrogen-bond acceptors (Lipinski definition) is 0. The molecule has 0 spiro atoms. The van der Waals surface area contributed by atoms with E-state index in [1.165, 1.54) is 49.7 Å². The zero-order chi connectivity index (χ0) is 30.7. The largest absolute Gasteiger partial charge is 2.00 e. The summed E-state index contributed by atoms with van der Waals surface area (Å²) in [5.41, 5.74) is 17.3. The first kappa shape index (κ1) is 41.4. The van der Waals surface area contributed by atoms with Crippen molar-refractivity contribution in [2.24, 2.45) is 0 Å². The molecule has 0 atom stereocenters. The molecule has 0 aromatic heterocycles. The fourth-order valence-corrected chi connectivity index (χ4v) is 4.40. The molecule has 42 heavy (non-hydrogen) atoms. The van der Waals surface area contributed by atoms with E-state index in [0.717, 1.165) is 60.0 Å². The summed E-state index contributed by atoms with van der Waals surface area (Å²) in [5, 5.41) is 7.00. The fourth-order valence-electron chi connectivity index (χ4n) is 4.40. The fraction of sp³-hybridized carbons (Fsp3) is 0.514. The molecular formula is C37H54N4Ni. The van der Waals surface area contributed by atoms with E-state index < -0.39 is 0 Å². The van der Waals surface area contributed by atoms with E-state index in [4.69, 9.17) is 0 Å². The molecule has 2 aromatic rings. The molecule has 0 saturated heterocycles. The van der Waals surface area contributed by atoms with Crippen molar-refractivity contribution in [3.05, 3.63) is 98.1 Å². The Morgan fingerprint density at radius 1 is 0.738 bits per heavy atom. The second-order valence-electron chi connectivity index (χ2n) is 10.1. The average Bonchev–Trinajstić information content (AvgIpc) is 2.97. The van der Waals surface area contributed by atoms with Crippen LogP contribution in [0.3, 0.4) is 0 Å². The van der Waals surface area contributed by atoms with Gasteiger partial charge in [0.15, 0.2) is 0 Å². The van der Waals surface area contributed by atoms with Crippen molar-refractivity contribution in [2.45, 2.75) is 98.3 Å². The normalized spacial score (nSPS) is 10.1. The number of hydrogen-bond donors (Lipinski definition) is 0. The van der Waals surface area contributed by atoms with Crippen LogP contribution in [0.2, 0.25) is 0 Å². The number of rotatable bonds is 14. The summed E-state index contributed by atoms with van der Waals surface area (Å²) in [6, 6.07) is 17.8. The van der Waals surface area contributed by atoms with Gasteiger partial charge in [-0.25, -0.2) is 0 Å². The predicted molar refractivity (Wildman–Crippen MR) is 181 cm³/mol. The molecule has 2 rings (SSSR count). The minimum atomic E-state index is 0. The summed E-state index contributed by atoms with van der Waals surface area (Å²) in [6.07, 6.45) is 12.4. The first-order chi connectivity index (χ1) is 20.0. The molecule has 0 N–H and O–H groups in total. The monoisotopic (exact) mass is 612 g/mol. The maximum absolute atomic E-state index is 9.40. The number of nitrogens with zero attached hydrogens (tertiary/aromatic N) is 4. The van der Waals surface area contributed by atoms with Gasteiger partial charge in [-0.2, -0.15) is 28.2 Å².